The van der Waals surface area contributed by atoms with Crippen molar-refractivity contribution in [2.45, 2.75) is 95.1 Å². The van der Waals surface area contributed by atoms with Crippen LogP contribution in [0.1, 0.15) is 65.2 Å². The Balaban J connectivity index is 1.42. The van der Waals surface area contributed by atoms with Gasteiger partial charge in [0.25, 0.3) is 0 Å². The van der Waals surface area contributed by atoms with E-state index in [4.69, 9.17) is 19.2 Å². The lowest BCUT2D eigenvalue weighted by atomic mass is 9.60. The van der Waals surface area contributed by atoms with E-state index in [0.29, 0.717) is 24.3 Å². The molecule has 1 spiro atoms. The summed E-state index contributed by atoms with van der Waals surface area (Å²) in [5.41, 5.74) is 0.0138. The summed E-state index contributed by atoms with van der Waals surface area (Å²) in [6.07, 6.45) is 7.29. The zero-order chi connectivity index (χ0) is 18.8. The highest BCUT2D eigenvalue weighted by atomic mass is 17.3. The normalized spacial score (nSPS) is 50.1. The first-order chi connectivity index (χ1) is 12.9. The molecular formula is C21H30O6. The van der Waals surface area contributed by atoms with Crippen LogP contribution in [-0.4, -0.2) is 40.8 Å². The summed E-state index contributed by atoms with van der Waals surface area (Å²) in [6.45, 7) is 4.10. The minimum Gasteiger partial charge on any atom is -0.388 e. The van der Waals surface area contributed by atoms with Crippen LogP contribution in [0.5, 0.6) is 0 Å². The van der Waals surface area contributed by atoms with E-state index < -0.39 is 23.8 Å². The zero-order valence-electron chi connectivity index (χ0n) is 16.2. The highest BCUT2D eigenvalue weighted by Crippen LogP contribution is 2.59. The van der Waals surface area contributed by atoms with Crippen LogP contribution in [0, 0.1) is 17.8 Å². The molecule has 6 nitrogen and oxygen atoms in total. The van der Waals surface area contributed by atoms with Crippen LogP contribution in [0.4, 0.5) is 0 Å². The van der Waals surface area contributed by atoms with Gasteiger partial charge in [0.1, 0.15) is 0 Å². The van der Waals surface area contributed by atoms with Crippen molar-refractivity contribution in [2.24, 2.45) is 17.8 Å². The second-order valence-electron chi connectivity index (χ2n) is 9.28. The Kier molecular flexibility index (Phi) is 4.30. The number of ketones is 1. The van der Waals surface area contributed by atoms with Gasteiger partial charge in [-0.05, 0) is 44.4 Å². The number of allylic oxidation sites excluding steroid dienone is 1. The van der Waals surface area contributed by atoms with Crippen molar-refractivity contribution in [3.8, 4) is 0 Å². The topological polar surface area (TPSA) is 74.2 Å². The van der Waals surface area contributed by atoms with Crippen LogP contribution in [0.15, 0.2) is 11.6 Å². The highest BCUT2D eigenvalue weighted by molar-refractivity contribution is 5.98. The Morgan fingerprint density at radius 3 is 2.93 bits per heavy atom. The summed E-state index contributed by atoms with van der Waals surface area (Å²) < 4.78 is 12.8. The van der Waals surface area contributed by atoms with Crippen molar-refractivity contribution in [2.75, 3.05) is 0 Å². The predicted octanol–water partition coefficient (Wildman–Crippen LogP) is 3.03. The van der Waals surface area contributed by atoms with E-state index in [-0.39, 0.29) is 23.7 Å². The van der Waals surface area contributed by atoms with Gasteiger partial charge in [0, 0.05) is 30.8 Å². The summed E-state index contributed by atoms with van der Waals surface area (Å²) in [5.74, 6) is 0.131. The van der Waals surface area contributed by atoms with Crippen molar-refractivity contribution in [3.05, 3.63) is 11.6 Å². The maximum Gasteiger partial charge on any atom is 0.201 e. The first kappa shape index (κ1) is 18.3. The number of hydrogen-bond donors (Lipinski definition) is 1. The molecule has 0 radical (unpaired) electrons. The van der Waals surface area contributed by atoms with Crippen LogP contribution in [0.2, 0.25) is 0 Å². The molecule has 27 heavy (non-hydrogen) atoms. The zero-order valence-corrected chi connectivity index (χ0v) is 16.2. The molecule has 0 aromatic rings. The number of aliphatic hydroxyl groups is 1. The molecule has 1 N–H and O–H groups in total. The van der Waals surface area contributed by atoms with Gasteiger partial charge in [0.15, 0.2) is 17.7 Å². The summed E-state index contributed by atoms with van der Waals surface area (Å²) in [7, 11) is 0. The Labute approximate surface area is 160 Å². The molecule has 0 aromatic carbocycles. The third-order valence-corrected chi connectivity index (χ3v) is 7.71. The van der Waals surface area contributed by atoms with Crippen molar-refractivity contribution in [1.29, 1.82) is 0 Å². The quantitative estimate of drug-likeness (QED) is 0.761. The molecule has 4 heterocycles. The maximum atomic E-state index is 12.0. The van der Waals surface area contributed by atoms with Gasteiger partial charge in [-0.2, -0.15) is 0 Å². The van der Waals surface area contributed by atoms with E-state index in [2.05, 4.69) is 6.92 Å². The number of carbonyl (C=O) groups is 1. The molecule has 6 aliphatic rings. The molecule has 150 valence electrons. The molecule has 6 rings (SSSR count). The van der Waals surface area contributed by atoms with Crippen molar-refractivity contribution >= 4 is 5.78 Å². The summed E-state index contributed by atoms with van der Waals surface area (Å²) in [4.78, 5) is 23.9. The number of hydrogen-bond acceptors (Lipinski definition) is 6. The van der Waals surface area contributed by atoms with Gasteiger partial charge in [0.2, 0.25) is 5.79 Å². The molecular weight excluding hydrogens is 348 g/mol. The Bertz CT molecular complexity index is 661. The van der Waals surface area contributed by atoms with Gasteiger partial charge >= 0.3 is 0 Å². The minimum atomic E-state index is -0.772. The first-order valence-corrected chi connectivity index (χ1v) is 10.5. The monoisotopic (exact) mass is 378 g/mol. The Hall–Kier alpha value is -0.790. The van der Waals surface area contributed by atoms with Gasteiger partial charge in [-0.3, -0.25) is 4.79 Å². The largest absolute Gasteiger partial charge is 0.388 e. The molecule has 2 aliphatic carbocycles. The summed E-state index contributed by atoms with van der Waals surface area (Å²) in [6, 6.07) is 0. The van der Waals surface area contributed by atoms with Crippen molar-refractivity contribution < 1.29 is 29.1 Å². The summed E-state index contributed by atoms with van der Waals surface area (Å²) >= 11 is 0. The maximum absolute atomic E-state index is 12.0. The lowest BCUT2D eigenvalue weighted by Gasteiger charge is -2.59. The molecule has 6 heteroatoms. The van der Waals surface area contributed by atoms with Gasteiger partial charge in [-0.15, -0.1) is 0 Å². The standard InChI is InChI=1S/C21H30O6/c1-12-15-7-3-5-13-9-10-20(2)25-19(21(13,15)27-26-20)24-18(12)11-17(23)14-6-4-8-16(14)22/h6,12-13,15,17-19,23H,3-5,7-11H2,1-2H3/t12-,13-,15+,17+,18-,19-,20+,21-/m1/s1. The average molecular weight is 378 g/mol. The second kappa shape index (κ2) is 6.36. The molecule has 0 aromatic heterocycles. The average Bonchev–Trinajstić information content (AvgIpc) is 2.96. The number of carbonyl (C=O) groups excluding carboxylic acids is 1. The highest BCUT2D eigenvalue weighted by Gasteiger charge is 2.68. The van der Waals surface area contributed by atoms with Gasteiger partial charge in [0.05, 0.1) is 12.2 Å². The van der Waals surface area contributed by atoms with E-state index in [1.54, 1.807) is 0 Å². The number of rotatable bonds is 3. The fraction of sp³-hybridized carbons (Fsp3) is 0.857. The van der Waals surface area contributed by atoms with Gasteiger partial charge < -0.3 is 14.6 Å². The molecule has 4 aliphatic heterocycles. The van der Waals surface area contributed by atoms with Crippen LogP contribution < -0.4 is 0 Å². The van der Waals surface area contributed by atoms with Crippen LogP contribution in [-0.2, 0) is 24.0 Å². The predicted molar refractivity (Wildman–Crippen MR) is 95.2 cm³/mol. The van der Waals surface area contributed by atoms with E-state index in [0.717, 1.165) is 32.1 Å². The Morgan fingerprint density at radius 2 is 2.15 bits per heavy atom. The molecule has 0 unspecified atom stereocenters. The minimum absolute atomic E-state index is 0.0641. The number of aliphatic hydroxyl groups excluding tert-OH is 1. The molecule has 1 saturated carbocycles. The lowest BCUT2D eigenvalue weighted by molar-refractivity contribution is -0.569. The van der Waals surface area contributed by atoms with E-state index in [1.807, 2.05) is 13.0 Å². The molecule has 8 atom stereocenters. The molecule has 4 saturated heterocycles. The number of ether oxygens (including phenoxy) is 2. The fourth-order valence-electron chi connectivity index (χ4n) is 6.19. The lowest BCUT2D eigenvalue weighted by Crippen LogP contribution is -2.69. The number of Topliss-reactive ketones (excluding diaryl/α,β-unsaturated/α-hetero) is 1. The van der Waals surface area contributed by atoms with Gasteiger partial charge in [-0.25, -0.2) is 9.78 Å². The van der Waals surface area contributed by atoms with E-state index in [9.17, 15) is 9.90 Å². The Morgan fingerprint density at radius 1 is 1.30 bits per heavy atom. The van der Waals surface area contributed by atoms with Crippen molar-refractivity contribution in [3.63, 3.8) is 0 Å². The first-order valence-electron chi connectivity index (χ1n) is 10.5. The molecule has 5 fully saturated rings. The van der Waals surface area contributed by atoms with E-state index in [1.165, 1.54) is 6.42 Å². The number of fused-ring (bicyclic) bond motifs is 2. The SMILES string of the molecule is C[C@H]1[C@@H](C[C@H](O)C2=CCCC2=O)O[C@@H]2O[C@]3(C)CC[C@H]4CCC[C@@H]1[C@]42OO3. The van der Waals surface area contributed by atoms with Crippen LogP contribution in [0.3, 0.4) is 0 Å². The molecule has 2 bridgehead atoms. The van der Waals surface area contributed by atoms with E-state index >= 15 is 0 Å². The van der Waals surface area contributed by atoms with Crippen LogP contribution in [0.25, 0.3) is 0 Å². The summed E-state index contributed by atoms with van der Waals surface area (Å²) in [5, 5.41) is 10.7. The van der Waals surface area contributed by atoms with Crippen LogP contribution >= 0.6 is 0 Å². The third kappa shape index (κ3) is 2.68. The second-order valence-corrected chi connectivity index (χ2v) is 9.28. The van der Waals surface area contributed by atoms with Crippen molar-refractivity contribution in [1.82, 2.24) is 0 Å². The molecule has 0 amide bonds. The smallest absolute Gasteiger partial charge is 0.201 e. The fourth-order valence-corrected chi connectivity index (χ4v) is 6.19. The van der Waals surface area contributed by atoms with Gasteiger partial charge in [-0.1, -0.05) is 19.4 Å². The third-order valence-electron chi connectivity index (χ3n) is 7.71.